The molecule has 0 radical (unpaired) electrons. The number of hydrogen-bond acceptors (Lipinski definition) is 2. The molecule has 0 fully saturated rings. The van der Waals surface area contributed by atoms with Gasteiger partial charge in [0.1, 0.15) is 0 Å². The Kier molecular flexibility index (Phi) is 3.57. The van der Waals surface area contributed by atoms with Crippen LogP contribution in [-0.2, 0) is 6.54 Å². The molecule has 2 amide bonds. The van der Waals surface area contributed by atoms with Crippen LogP contribution < -0.4 is 0 Å². The van der Waals surface area contributed by atoms with Gasteiger partial charge in [-0.05, 0) is 60.2 Å². The van der Waals surface area contributed by atoms with E-state index < -0.39 is 0 Å². The molecule has 0 N–H and O–H groups in total. The number of hydrogen-bond donors (Lipinski definition) is 0. The lowest BCUT2D eigenvalue weighted by Gasteiger charge is -2.14. The first-order chi connectivity index (χ1) is 9.95. The van der Waals surface area contributed by atoms with Gasteiger partial charge in [-0.1, -0.05) is 29.3 Å². The van der Waals surface area contributed by atoms with Crippen molar-refractivity contribution in [2.24, 2.45) is 0 Å². The molecule has 2 aromatic rings. The fourth-order valence-electron chi connectivity index (χ4n) is 2.75. The third kappa shape index (κ3) is 2.60. The summed E-state index contributed by atoms with van der Waals surface area (Å²) < 4.78 is 0.959. The predicted molar refractivity (Wildman–Crippen MR) is 89.3 cm³/mol. The first kappa shape index (κ1) is 14.3. The van der Waals surface area contributed by atoms with E-state index in [0.29, 0.717) is 17.7 Å². The van der Waals surface area contributed by atoms with E-state index in [1.54, 1.807) is 12.1 Å². The van der Waals surface area contributed by atoms with E-state index in [1.807, 2.05) is 32.0 Å². The van der Waals surface area contributed by atoms with E-state index in [9.17, 15) is 9.59 Å². The van der Waals surface area contributed by atoms with Crippen molar-refractivity contribution in [2.45, 2.75) is 20.4 Å². The number of benzene rings is 2. The molecular weight excluding hydrogens is 377 g/mol. The SMILES string of the molecule is Cc1cc(C)cc(CN2C(=O)c3ccc(I)cc3C2=O)c1. The standard InChI is InChI=1S/C17H14INO2/c1-10-5-11(2)7-12(6-10)9-19-16(20)14-4-3-13(18)8-15(14)17(19)21/h3-8H,9H2,1-2H3. The minimum atomic E-state index is -0.203. The Bertz CT molecular complexity index is 747. The van der Waals surface area contributed by atoms with E-state index in [0.717, 1.165) is 20.3 Å². The lowest BCUT2D eigenvalue weighted by molar-refractivity contribution is 0.0642. The van der Waals surface area contributed by atoms with Gasteiger partial charge in [-0.15, -0.1) is 0 Å². The number of aryl methyl sites for hydroxylation is 2. The van der Waals surface area contributed by atoms with Crippen molar-refractivity contribution in [2.75, 3.05) is 0 Å². The molecule has 0 atom stereocenters. The maximum atomic E-state index is 12.4. The second kappa shape index (κ2) is 5.26. The fourth-order valence-corrected chi connectivity index (χ4v) is 3.24. The highest BCUT2D eigenvalue weighted by Crippen LogP contribution is 2.26. The summed E-state index contributed by atoms with van der Waals surface area (Å²) in [4.78, 5) is 26.2. The Morgan fingerprint density at radius 1 is 0.905 bits per heavy atom. The molecule has 4 heteroatoms. The normalized spacial score (nSPS) is 13.8. The number of carbonyl (C=O) groups excluding carboxylic acids is 2. The van der Waals surface area contributed by atoms with Crippen molar-refractivity contribution < 1.29 is 9.59 Å². The summed E-state index contributed by atoms with van der Waals surface area (Å²) in [6.45, 7) is 4.36. The fraction of sp³-hybridized carbons (Fsp3) is 0.176. The Balaban J connectivity index is 1.95. The van der Waals surface area contributed by atoms with Crippen molar-refractivity contribution in [3.8, 4) is 0 Å². The van der Waals surface area contributed by atoms with Crippen molar-refractivity contribution in [3.63, 3.8) is 0 Å². The number of nitrogens with zero attached hydrogens (tertiary/aromatic N) is 1. The van der Waals surface area contributed by atoms with Crippen molar-refractivity contribution in [1.82, 2.24) is 4.90 Å². The van der Waals surface area contributed by atoms with Gasteiger partial charge in [0.25, 0.3) is 11.8 Å². The third-order valence-corrected chi connectivity index (χ3v) is 4.23. The predicted octanol–water partition coefficient (Wildman–Crippen LogP) is 3.70. The average Bonchev–Trinajstić information content (AvgIpc) is 2.62. The Morgan fingerprint density at radius 2 is 1.52 bits per heavy atom. The van der Waals surface area contributed by atoms with Gasteiger partial charge in [0, 0.05) is 3.57 Å². The van der Waals surface area contributed by atoms with Gasteiger partial charge >= 0.3 is 0 Å². The summed E-state index contributed by atoms with van der Waals surface area (Å²) >= 11 is 2.15. The largest absolute Gasteiger partial charge is 0.270 e. The second-order valence-electron chi connectivity index (χ2n) is 5.38. The van der Waals surface area contributed by atoms with Crippen LogP contribution in [0, 0.1) is 17.4 Å². The minimum Gasteiger partial charge on any atom is -0.270 e. The van der Waals surface area contributed by atoms with Crippen molar-refractivity contribution in [1.29, 1.82) is 0 Å². The summed E-state index contributed by atoms with van der Waals surface area (Å²) in [5.41, 5.74) is 4.27. The van der Waals surface area contributed by atoms with Crippen LogP contribution in [-0.4, -0.2) is 16.7 Å². The van der Waals surface area contributed by atoms with Crippen LogP contribution in [0.15, 0.2) is 36.4 Å². The molecule has 0 aliphatic carbocycles. The number of imide groups is 1. The molecule has 3 rings (SSSR count). The first-order valence-electron chi connectivity index (χ1n) is 6.68. The highest BCUT2D eigenvalue weighted by molar-refractivity contribution is 14.1. The summed E-state index contributed by atoms with van der Waals surface area (Å²) in [7, 11) is 0. The number of fused-ring (bicyclic) bond motifs is 1. The molecule has 1 aliphatic heterocycles. The molecular formula is C17H14INO2. The molecule has 2 aromatic carbocycles. The molecule has 0 unspecified atom stereocenters. The molecule has 1 heterocycles. The second-order valence-corrected chi connectivity index (χ2v) is 6.63. The van der Waals surface area contributed by atoms with Crippen LogP contribution in [0.4, 0.5) is 0 Å². The average molecular weight is 391 g/mol. The van der Waals surface area contributed by atoms with E-state index in [2.05, 4.69) is 28.7 Å². The molecule has 21 heavy (non-hydrogen) atoms. The van der Waals surface area contributed by atoms with Gasteiger partial charge in [-0.2, -0.15) is 0 Å². The Morgan fingerprint density at radius 3 is 2.19 bits per heavy atom. The van der Waals surface area contributed by atoms with Crippen LogP contribution >= 0.6 is 22.6 Å². The lowest BCUT2D eigenvalue weighted by atomic mass is 10.1. The van der Waals surface area contributed by atoms with Crippen LogP contribution in [0.5, 0.6) is 0 Å². The smallest absolute Gasteiger partial charge is 0.261 e. The summed E-state index contributed by atoms with van der Waals surface area (Å²) in [5, 5.41) is 0. The summed E-state index contributed by atoms with van der Waals surface area (Å²) in [6, 6.07) is 11.5. The molecule has 106 valence electrons. The molecule has 3 nitrogen and oxygen atoms in total. The third-order valence-electron chi connectivity index (χ3n) is 3.55. The number of carbonyl (C=O) groups is 2. The van der Waals surface area contributed by atoms with E-state index in [1.165, 1.54) is 4.90 Å². The van der Waals surface area contributed by atoms with Crippen LogP contribution in [0.2, 0.25) is 0 Å². The topological polar surface area (TPSA) is 37.4 Å². The zero-order valence-corrected chi connectivity index (χ0v) is 14.0. The molecule has 0 aromatic heterocycles. The van der Waals surface area contributed by atoms with E-state index in [4.69, 9.17) is 0 Å². The summed E-state index contributed by atoms with van der Waals surface area (Å²) in [5.74, 6) is -0.404. The Hall–Kier alpha value is -1.69. The van der Waals surface area contributed by atoms with Crippen LogP contribution in [0.1, 0.15) is 37.4 Å². The number of amides is 2. The first-order valence-corrected chi connectivity index (χ1v) is 7.76. The van der Waals surface area contributed by atoms with E-state index in [-0.39, 0.29) is 11.8 Å². The van der Waals surface area contributed by atoms with Gasteiger partial charge in [0.2, 0.25) is 0 Å². The highest BCUT2D eigenvalue weighted by atomic mass is 127. The van der Waals surface area contributed by atoms with Gasteiger partial charge < -0.3 is 0 Å². The summed E-state index contributed by atoms with van der Waals surface area (Å²) in [6.07, 6.45) is 0. The van der Waals surface area contributed by atoms with Gasteiger partial charge in [-0.3, -0.25) is 14.5 Å². The number of rotatable bonds is 2. The van der Waals surface area contributed by atoms with Gasteiger partial charge in [0.05, 0.1) is 17.7 Å². The molecule has 0 bridgehead atoms. The van der Waals surface area contributed by atoms with Gasteiger partial charge in [0.15, 0.2) is 0 Å². The molecule has 0 spiro atoms. The van der Waals surface area contributed by atoms with E-state index >= 15 is 0 Å². The monoisotopic (exact) mass is 391 g/mol. The maximum absolute atomic E-state index is 12.4. The molecule has 1 aliphatic rings. The highest BCUT2D eigenvalue weighted by Gasteiger charge is 2.35. The van der Waals surface area contributed by atoms with Crippen molar-refractivity contribution >= 4 is 34.4 Å². The number of halogens is 1. The van der Waals surface area contributed by atoms with Crippen molar-refractivity contribution in [3.05, 3.63) is 67.8 Å². The van der Waals surface area contributed by atoms with Crippen LogP contribution in [0.25, 0.3) is 0 Å². The minimum absolute atomic E-state index is 0.201. The lowest BCUT2D eigenvalue weighted by Crippen LogP contribution is -2.29. The quantitative estimate of drug-likeness (QED) is 0.578. The maximum Gasteiger partial charge on any atom is 0.261 e. The molecule has 0 saturated heterocycles. The zero-order chi connectivity index (χ0) is 15.1. The Labute approximate surface area is 137 Å². The van der Waals surface area contributed by atoms with Crippen LogP contribution in [0.3, 0.4) is 0 Å². The zero-order valence-electron chi connectivity index (χ0n) is 11.8. The van der Waals surface area contributed by atoms with Gasteiger partial charge in [-0.25, -0.2) is 0 Å². The molecule has 0 saturated carbocycles.